The number of esters is 3. The summed E-state index contributed by atoms with van der Waals surface area (Å²) in [7, 11) is 1.50. The number of carbonyl (C=O) groups excluding carboxylic acids is 3. The van der Waals surface area contributed by atoms with Crippen molar-refractivity contribution in [3.8, 4) is 11.5 Å². The third-order valence-corrected chi connectivity index (χ3v) is 10.2. The van der Waals surface area contributed by atoms with Gasteiger partial charge in [-0.15, -0.1) is 0 Å². The van der Waals surface area contributed by atoms with Crippen molar-refractivity contribution in [3.05, 3.63) is 35.4 Å². The van der Waals surface area contributed by atoms with Gasteiger partial charge < -0.3 is 18.9 Å². The molecule has 0 radical (unpaired) electrons. The van der Waals surface area contributed by atoms with Crippen molar-refractivity contribution >= 4 is 17.9 Å². The highest BCUT2D eigenvalue weighted by atomic mass is 16.6. The quantitative estimate of drug-likeness (QED) is 0.210. The molecule has 38 heavy (non-hydrogen) atoms. The number of fused-ring (bicyclic) bond motifs is 3. The van der Waals surface area contributed by atoms with Gasteiger partial charge in [0.2, 0.25) is 0 Å². The molecule has 3 aliphatic carbocycles. The SMILES string of the molecule is C=C1CCC2[C@](C)(CCC[C@]2(C)C(=O)OC)[C@H]1CCC12Cc3c(OC(C)=O)ccc(OC(C)=O)c3CC1O2. The molecule has 7 nitrogen and oxygen atoms in total. The molecule has 0 bridgehead atoms. The first-order valence-electron chi connectivity index (χ1n) is 13.9. The molecule has 2 saturated carbocycles. The highest BCUT2D eigenvalue weighted by Crippen LogP contribution is 2.63. The molecule has 1 heterocycles. The second-order valence-electron chi connectivity index (χ2n) is 12.4. The molecule has 3 fully saturated rings. The molecule has 206 valence electrons. The predicted octanol–water partition coefficient (Wildman–Crippen LogP) is 5.51. The summed E-state index contributed by atoms with van der Waals surface area (Å²) >= 11 is 0. The van der Waals surface area contributed by atoms with Crippen LogP contribution in [-0.4, -0.2) is 36.7 Å². The molecule has 0 spiro atoms. The molecule has 7 heteroatoms. The molecule has 0 N–H and O–H groups in total. The Hall–Kier alpha value is -2.67. The maximum Gasteiger partial charge on any atom is 0.311 e. The monoisotopic (exact) mass is 524 g/mol. The van der Waals surface area contributed by atoms with E-state index < -0.39 is 5.41 Å². The van der Waals surface area contributed by atoms with Crippen LogP contribution in [0.5, 0.6) is 11.5 Å². The van der Waals surface area contributed by atoms with Crippen molar-refractivity contribution in [1.82, 2.24) is 0 Å². The lowest BCUT2D eigenvalue weighted by molar-refractivity contribution is -0.168. The Morgan fingerprint density at radius 1 is 1.05 bits per heavy atom. The fourth-order valence-electron chi connectivity index (χ4n) is 8.34. The zero-order valence-corrected chi connectivity index (χ0v) is 23.3. The molecular weight excluding hydrogens is 484 g/mol. The zero-order valence-electron chi connectivity index (χ0n) is 23.3. The largest absolute Gasteiger partial charge is 0.469 e. The van der Waals surface area contributed by atoms with Crippen molar-refractivity contribution in [3.63, 3.8) is 0 Å². The Bertz CT molecular complexity index is 1190. The van der Waals surface area contributed by atoms with Crippen LogP contribution in [0.4, 0.5) is 0 Å². The molecule has 1 saturated heterocycles. The minimum atomic E-state index is -0.465. The van der Waals surface area contributed by atoms with Gasteiger partial charge >= 0.3 is 17.9 Å². The fourth-order valence-corrected chi connectivity index (χ4v) is 8.34. The van der Waals surface area contributed by atoms with Gasteiger partial charge in [-0.05, 0) is 74.8 Å². The lowest BCUT2D eigenvalue weighted by Gasteiger charge is -2.57. The number of rotatable bonds is 6. The van der Waals surface area contributed by atoms with E-state index in [2.05, 4.69) is 20.4 Å². The maximum atomic E-state index is 12.9. The Labute approximate surface area is 225 Å². The van der Waals surface area contributed by atoms with E-state index in [4.69, 9.17) is 18.9 Å². The summed E-state index contributed by atoms with van der Waals surface area (Å²) in [6.45, 7) is 11.7. The highest BCUT2D eigenvalue weighted by Gasteiger charge is 2.61. The molecule has 1 aromatic carbocycles. The van der Waals surface area contributed by atoms with Crippen LogP contribution in [0.3, 0.4) is 0 Å². The van der Waals surface area contributed by atoms with Gasteiger partial charge in [0, 0.05) is 37.8 Å². The van der Waals surface area contributed by atoms with E-state index in [0.717, 1.165) is 56.1 Å². The van der Waals surface area contributed by atoms with E-state index in [9.17, 15) is 14.4 Å². The number of epoxide rings is 1. The molecule has 5 rings (SSSR count). The normalized spacial score (nSPS) is 35.3. The van der Waals surface area contributed by atoms with Gasteiger partial charge in [0.1, 0.15) is 11.5 Å². The summed E-state index contributed by atoms with van der Waals surface area (Å²) in [5.41, 5.74) is 2.23. The van der Waals surface area contributed by atoms with Gasteiger partial charge in [-0.3, -0.25) is 14.4 Å². The van der Waals surface area contributed by atoms with E-state index in [-0.39, 0.29) is 40.9 Å². The van der Waals surface area contributed by atoms with E-state index >= 15 is 0 Å². The molecule has 1 aromatic rings. The summed E-state index contributed by atoms with van der Waals surface area (Å²) in [6.07, 6.45) is 7.89. The minimum Gasteiger partial charge on any atom is -0.469 e. The van der Waals surface area contributed by atoms with Crippen LogP contribution in [0.25, 0.3) is 0 Å². The zero-order chi connectivity index (χ0) is 27.5. The third kappa shape index (κ3) is 4.37. The van der Waals surface area contributed by atoms with Gasteiger partial charge in [0.15, 0.2) is 0 Å². The first-order chi connectivity index (χ1) is 17.9. The number of benzene rings is 1. The molecule has 4 aliphatic rings. The van der Waals surface area contributed by atoms with Gasteiger partial charge in [0.25, 0.3) is 0 Å². The highest BCUT2D eigenvalue weighted by molar-refractivity contribution is 5.77. The van der Waals surface area contributed by atoms with Crippen molar-refractivity contribution < 1.29 is 33.3 Å². The summed E-state index contributed by atoms with van der Waals surface area (Å²) < 4.78 is 22.7. The van der Waals surface area contributed by atoms with Gasteiger partial charge in [-0.2, -0.15) is 0 Å². The van der Waals surface area contributed by atoms with Crippen molar-refractivity contribution in [2.24, 2.45) is 22.7 Å². The third-order valence-electron chi connectivity index (χ3n) is 10.2. The van der Waals surface area contributed by atoms with E-state index in [1.54, 1.807) is 12.1 Å². The van der Waals surface area contributed by atoms with Crippen LogP contribution in [0.1, 0.15) is 83.8 Å². The molecule has 0 aromatic heterocycles. The second kappa shape index (κ2) is 9.51. The topological polar surface area (TPSA) is 91.4 Å². The van der Waals surface area contributed by atoms with Crippen LogP contribution in [0.15, 0.2) is 24.3 Å². The average molecular weight is 525 g/mol. The summed E-state index contributed by atoms with van der Waals surface area (Å²) in [5.74, 6) is 0.712. The van der Waals surface area contributed by atoms with Crippen molar-refractivity contribution in [2.45, 2.75) is 97.2 Å². The first-order valence-corrected chi connectivity index (χ1v) is 13.9. The molecule has 3 unspecified atom stereocenters. The minimum absolute atomic E-state index is 0.0183. The van der Waals surface area contributed by atoms with Crippen LogP contribution in [0, 0.1) is 22.7 Å². The van der Waals surface area contributed by atoms with E-state index in [0.29, 0.717) is 30.3 Å². The summed E-state index contributed by atoms with van der Waals surface area (Å²) in [4.78, 5) is 36.4. The number of hydrogen-bond donors (Lipinski definition) is 0. The number of allylic oxidation sites excluding steroid dienone is 1. The van der Waals surface area contributed by atoms with E-state index in [1.807, 2.05) is 0 Å². The number of hydrogen-bond acceptors (Lipinski definition) is 7. The maximum absolute atomic E-state index is 12.9. The fraction of sp³-hybridized carbons (Fsp3) is 0.645. The number of carbonyl (C=O) groups is 3. The lowest BCUT2D eigenvalue weighted by atomic mass is 9.46. The number of ether oxygens (including phenoxy) is 4. The lowest BCUT2D eigenvalue weighted by Crippen LogP contribution is -2.53. The smallest absolute Gasteiger partial charge is 0.311 e. The first kappa shape index (κ1) is 26.9. The van der Waals surface area contributed by atoms with Crippen molar-refractivity contribution in [1.29, 1.82) is 0 Å². The molecule has 6 atom stereocenters. The molecule has 0 amide bonds. The second-order valence-corrected chi connectivity index (χ2v) is 12.4. The Morgan fingerprint density at radius 3 is 2.34 bits per heavy atom. The van der Waals surface area contributed by atoms with E-state index in [1.165, 1.54) is 26.5 Å². The van der Waals surface area contributed by atoms with Crippen LogP contribution in [-0.2, 0) is 36.7 Å². The van der Waals surface area contributed by atoms with Crippen LogP contribution in [0.2, 0.25) is 0 Å². The molecule has 1 aliphatic heterocycles. The Balaban J connectivity index is 1.39. The van der Waals surface area contributed by atoms with Crippen molar-refractivity contribution in [2.75, 3.05) is 7.11 Å². The standard InChI is InChI=1S/C31H40O7/c1-18-8-11-26-29(4,13-7-14-30(26,5)28(34)35-6)23(18)12-15-31-17-22-21(16-27(31)38-31)24(36-19(2)32)9-10-25(22)37-20(3)33/h9-10,23,26-27H,1,7-8,11-17H2,2-6H3/t23-,26?,27?,29+,30-,31?/m0/s1. The molecular formula is C31H40O7. The average Bonchev–Trinajstić information content (AvgIpc) is 3.56. The van der Waals surface area contributed by atoms with Crippen LogP contribution >= 0.6 is 0 Å². The Kier molecular flexibility index (Phi) is 6.74. The Morgan fingerprint density at radius 2 is 1.71 bits per heavy atom. The predicted molar refractivity (Wildman–Crippen MR) is 141 cm³/mol. The van der Waals surface area contributed by atoms with Gasteiger partial charge in [-0.25, -0.2) is 0 Å². The van der Waals surface area contributed by atoms with Gasteiger partial charge in [0.05, 0.1) is 24.2 Å². The summed E-state index contributed by atoms with van der Waals surface area (Å²) in [5, 5.41) is 0. The van der Waals surface area contributed by atoms with Gasteiger partial charge in [-0.1, -0.05) is 25.5 Å². The number of methoxy groups -OCH3 is 1. The van der Waals surface area contributed by atoms with Crippen LogP contribution < -0.4 is 9.47 Å². The summed E-state index contributed by atoms with van der Waals surface area (Å²) in [6, 6.07) is 3.40.